The summed E-state index contributed by atoms with van der Waals surface area (Å²) in [5, 5.41) is 11.4. The third-order valence-electron chi connectivity index (χ3n) is 1.37. The van der Waals surface area contributed by atoms with Crippen molar-refractivity contribution in [3.05, 3.63) is 0 Å². The lowest BCUT2D eigenvalue weighted by Crippen LogP contribution is -2.48. The van der Waals surface area contributed by atoms with Gasteiger partial charge in [0.05, 0.1) is 18.4 Å². The highest BCUT2D eigenvalue weighted by molar-refractivity contribution is 7.99. The molecule has 0 rings (SSSR count). The number of nitriles is 1. The van der Waals surface area contributed by atoms with Crippen molar-refractivity contribution in [2.75, 3.05) is 25.7 Å². The lowest BCUT2D eigenvalue weighted by Gasteiger charge is -2.21. The third kappa shape index (κ3) is 4.76. The molecule has 0 aliphatic carbocycles. The number of carbonyl (C=O) groups is 1. The Kier molecular flexibility index (Phi) is 5.51. The number of thioether (sulfide) groups is 1. The molecule has 1 amide bonds. The van der Waals surface area contributed by atoms with E-state index in [-0.39, 0.29) is 12.5 Å². The number of hydrogen-bond donors (Lipinski definition) is 1. The van der Waals surface area contributed by atoms with Crippen LogP contribution in [0.2, 0.25) is 0 Å². The number of amides is 1. The molecule has 1 unspecified atom stereocenters. The molecule has 0 aliphatic rings. The number of nitrogens with zero attached hydrogens (tertiary/aromatic N) is 1. The number of methoxy groups -OCH3 is 1. The fourth-order valence-corrected chi connectivity index (χ4v) is 1.19. The molecule has 0 heterocycles. The van der Waals surface area contributed by atoms with Gasteiger partial charge in [-0.2, -0.15) is 17.0 Å². The normalized spacial score (nSPS) is 14.3. The summed E-state index contributed by atoms with van der Waals surface area (Å²) in [5.41, 5.74) is -0.915. The van der Waals surface area contributed by atoms with E-state index in [4.69, 9.17) is 10.00 Å². The van der Waals surface area contributed by atoms with Crippen molar-refractivity contribution in [2.45, 2.75) is 12.5 Å². The molecule has 0 aliphatic heterocycles. The van der Waals surface area contributed by atoms with Crippen LogP contribution in [0.3, 0.4) is 0 Å². The molecule has 0 aromatic carbocycles. The summed E-state index contributed by atoms with van der Waals surface area (Å²) in [6.45, 7) is 1.83. The lowest BCUT2D eigenvalue weighted by molar-refractivity contribution is -0.120. The van der Waals surface area contributed by atoms with Crippen LogP contribution < -0.4 is 5.32 Å². The SMILES string of the molecule is COCC(C)(C#N)NC(=O)CSC. The van der Waals surface area contributed by atoms with E-state index in [2.05, 4.69) is 5.32 Å². The van der Waals surface area contributed by atoms with Gasteiger partial charge in [0.2, 0.25) is 5.91 Å². The summed E-state index contributed by atoms with van der Waals surface area (Å²) >= 11 is 1.42. The van der Waals surface area contributed by atoms with Gasteiger partial charge in [0.25, 0.3) is 0 Å². The maximum absolute atomic E-state index is 11.2. The van der Waals surface area contributed by atoms with E-state index in [0.717, 1.165) is 0 Å². The van der Waals surface area contributed by atoms with Crippen molar-refractivity contribution in [1.82, 2.24) is 5.32 Å². The van der Waals surface area contributed by atoms with Gasteiger partial charge in [0.15, 0.2) is 0 Å². The molecule has 1 N–H and O–H groups in total. The van der Waals surface area contributed by atoms with E-state index in [1.165, 1.54) is 18.9 Å². The van der Waals surface area contributed by atoms with Gasteiger partial charge in [-0.3, -0.25) is 4.79 Å². The van der Waals surface area contributed by atoms with Gasteiger partial charge in [-0.25, -0.2) is 0 Å². The highest BCUT2D eigenvalue weighted by Gasteiger charge is 2.25. The Labute approximate surface area is 82.6 Å². The number of hydrogen-bond acceptors (Lipinski definition) is 4. The summed E-state index contributed by atoms with van der Waals surface area (Å²) in [6.07, 6.45) is 1.83. The minimum Gasteiger partial charge on any atom is -0.381 e. The maximum atomic E-state index is 11.2. The van der Waals surface area contributed by atoms with Crippen LogP contribution in [0.5, 0.6) is 0 Å². The smallest absolute Gasteiger partial charge is 0.231 e. The molecule has 0 radical (unpaired) electrons. The summed E-state index contributed by atoms with van der Waals surface area (Å²) in [4.78, 5) is 11.2. The van der Waals surface area contributed by atoms with Gasteiger partial charge in [-0.1, -0.05) is 0 Å². The van der Waals surface area contributed by atoms with Crippen molar-refractivity contribution in [3.8, 4) is 6.07 Å². The number of carbonyl (C=O) groups excluding carboxylic acids is 1. The van der Waals surface area contributed by atoms with Crippen LogP contribution in [0.15, 0.2) is 0 Å². The number of rotatable bonds is 5. The van der Waals surface area contributed by atoms with E-state index in [1.807, 2.05) is 12.3 Å². The van der Waals surface area contributed by atoms with Crippen LogP contribution in [-0.2, 0) is 9.53 Å². The van der Waals surface area contributed by atoms with Crippen LogP contribution in [0.1, 0.15) is 6.92 Å². The molecule has 0 spiro atoms. The number of ether oxygens (including phenoxy) is 1. The van der Waals surface area contributed by atoms with Gasteiger partial charge in [-0.05, 0) is 13.2 Å². The minimum atomic E-state index is -0.915. The first-order chi connectivity index (χ1) is 6.08. The van der Waals surface area contributed by atoms with Gasteiger partial charge in [0, 0.05) is 7.11 Å². The molecule has 0 aromatic rings. The maximum Gasteiger partial charge on any atom is 0.231 e. The molecular weight excluding hydrogens is 188 g/mol. The summed E-state index contributed by atoms with van der Waals surface area (Å²) in [5.74, 6) is 0.217. The van der Waals surface area contributed by atoms with Gasteiger partial charge >= 0.3 is 0 Å². The first-order valence-electron chi connectivity index (χ1n) is 3.78. The Hall–Kier alpha value is -0.730. The van der Waals surface area contributed by atoms with Crippen LogP contribution in [0.4, 0.5) is 0 Å². The standard InChI is InChI=1S/C8H14N2O2S/c1-8(5-9,6-12-2)10-7(11)4-13-3/h4,6H2,1-3H3,(H,10,11). The molecule has 0 bridgehead atoms. The molecule has 0 aromatic heterocycles. The van der Waals surface area contributed by atoms with Crippen molar-refractivity contribution in [1.29, 1.82) is 5.26 Å². The summed E-state index contributed by atoms with van der Waals surface area (Å²) in [7, 11) is 1.50. The van der Waals surface area contributed by atoms with Gasteiger partial charge in [-0.15, -0.1) is 0 Å². The molecule has 0 fully saturated rings. The molecule has 1 atom stereocenters. The Morgan fingerprint density at radius 3 is 2.77 bits per heavy atom. The number of nitrogens with one attached hydrogen (secondary N) is 1. The van der Waals surface area contributed by atoms with Crippen LogP contribution in [-0.4, -0.2) is 37.2 Å². The zero-order valence-corrected chi connectivity index (χ0v) is 8.90. The van der Waals surface area contributed by atoms with Gasteiger partial charge < -0.3 is 10.1 Å². The molecule has 74 valence electrons. The van der Waals surface area contributed by atoms with Crippen LogP contribution in [0, 0.1) is 11.3 Å². The highest BCUT2D eigenvalue weighted by Crippen LogP contribution is 2.03. The third-order valence-corrected chi connectivity index (χ3v) is 1.92. The van der Waals surface area contributed by atoms with E-state index < -0.39 is 5.54 Å². The zero-order chi connectivity index (χ0) is 10.3. The van der Waals surface area contributed by atoms with Gasteiger partial charge in [0.1, 0.15) is 5.54 Å². The van der Waals surface area contributed by atoms with E-state index >= 15 is 0 Å². The van der Waals surface area contributed by atoms with Crippen LogP contribution in [0.25, 0.3) is 0 Å². The fraction of sp³-hybridized carbons (Fsp3) is 0.750. The molecular formula is C8H14N2O2S. The van der Waals surface area contributed by atoms with Crippen molar-refractivity contribution in [2.24, 2.45) is 0 Å². The Balaban J connectivity index is 4.12. The van der Waals surface area contributed by atoms with Crippen LogP contribution >= 0.6 is 11.8 Å². The fourth-order valence-electron chi connectivity index (χ4n) is 0.860. The highest BCUT2D eigenvalue weighted by atomic mass is 32.2. The average molecular weight is 202 g/mol. The zero-order valence-electron chi connectivity index (χ0n) is 8.09. The summed E-state index contributed by atoms with van der Waals surface area (Å²) < 4.78 is 4.83. The van der Waals surface area contributed by atoms with Crippen molar-refractivity contribution < 1.29 is 9.53 Å². The first-order valence-corrected chi connectivity index (χ1v) is 5.17. The molecule has 5 heteroatoms. The Morgan fingerprint density at radius 1 is 1.77 bits per heavy atom. The topological polar surface area (TPSA) is 62.1 Å². The second kappa shape index (κ2) is 5.84. The second-order valence-corrected chi connectivity index (χ2v) is 3.72. The predicted octanol–water partition coefficient (Wildman–Crippen LogP) is 0.394. The molecule has 0 saturated carbocycles. The van der Waals surface area contributed by atoms with Crippen molar-refractivity contribution >= 4 is 17.7 Å². The largest absolute Gasteiger partial charge is 0.381 e. The van der Waals surface area contributed by atoms with Crippen molar-refractivity contribution in [3.63, 3.8) is 0 Å². The monoisotopic (exact) mass is 202 g/mol. The predicted molar refractivity (Wildman–Crippen MR) is 52.4 cm³/mol. The second-order valence-electron chi connectivity index (χ2n) is 2.86. The molecule has 0 saturated heterocycles. The molecule has 4 nitrogen and oxygen atoms in total. The average Bonchev–Trinajstić information content (AvgIpc) is 2.05. The Bertz CT molecular complexity index is 215. The lowest BCUT2D eigenvalue weighted by atomic mass is 10.1. The first kappa shape index (κ1) is 12.3. The minimum absolute atomic E-state index is 0.145. The van der Waals surface area contributed by atoms with E-state index in [9.17, 15) is 4.79 Å². The quantitative estimate of drug-likeness (QED) is 0.700. The summed E-state index contributed by atoms with van der Waals surface area (Å²) in [6, 6.07) is 2.00. The molecule has 13 heavy (non-hydrogen) atoms. The Morgan fingerprint density at radius 2 is 2.38 bits per heavy atom. The van der Waals surface area contributed by atoms with E-state index in [0.29, 0.717) is 5.75 Å². The van der Waals surface area contributed by atoms with E-state index in [1.54, 1.807) is 6.92 Å².